The molecule has 0 saturated carbocycles. The number of rotatable bonds is 8. The Morgan fingerprint density at radius 3 is 2.36 bits per heavy atom. The van der Waals surface area contributed by atoms with Gasteiger partial charge < -0.3 is 14.6 Å². The zero-order chi connectivity index (χ0) is 23.8. The summed E-state index contributed by atoms with van der Waals surface area (Å²) in [6.45, 7) is 4.23. The maximum absolute atomic E-state index is 13.2. The monoisotopic (exact) mass is 446 g/mol. The molecule has 0 aliphatic heterocycles. The second kappa shape index (κ2) is 11.1. The van der Waals surface area contributed by atoms with Crippen molar-refractivity contribution in [1.29, 1.82) is 0 Å². The van der Waals surface area contributed by atoms with E-state index in [0.717, 1.165) is 16.7 Å². The molecule has 5 heteroatoms. The third kappa shape index (κ3) is 6.32. The van der Waals surface area contributed by atoms with Crippen LogP contribution in [0.4, 0.5) is 4.39 Å². The van der Waals surface area contributed by atoms with Gasteiger partial charge in [-0.2, -0.15) is 0 Å². The van der Waals surface area contributed by atoms with E-state index in [2.05, 4.69) is 0 Å². The summed E-state index contributed by atoms with van der Waals surface area (Å²) in [5.41, 5.74) is 3.79. The SMILES string of the molecule is COC(=O)c1c(/C=C/c2ccc(F)cc2)cc(OCc2ccccc2)c(CC=C(C)C)c1O. The zero-order valence-corrected chi connectivity index (χ0v) is 19.0. The molecule has 0 heterocycles. The number of ether oxygens (including phenoxy) is 2. The molecule has 3 aromatic carbocycles. The maximum Gasteiger partial charge on any atom is 0.342 e. The number of carbonyl (C=O) groups excluding carboxylic acids is 1. The molecule has 4 nitrogen and oxygen atoms in total. The fourth-order valence-corrected chi connectivity index (χ4v) is 3.28. The lowest BCUT2D eigenvalue weighted by atomic mass is 9.97. The summed E-state index contributed by atoms with van der Waals surface area (Å²) >= 11 is 0. The van der Waals surface area contributed by atoms with Crippen LogP contribution in [0.25, 0.3) is 12.2 Å². The molecule has 0 aliphatic rings. The van der Waals surface area contributed by atoms with Crippen molar-refractivity contribution in [3.63, 3.8) is 0 Å². The molecule has 0 atom stereocenters. The first-order chi connectivity index (χ1) is 15.9. The standard InChI is InChI=1S/C28H27FO4/c1-19(2)9-16-24-25(33-18-21-7-5-4-6-8-21)17-22(26(27(24)30)28(31)32-3)13-10-20-11-14-23(29)15-12-20/h4-15,17,30H,16,18H2,1-3H3/b13-10+. The van der Waals surface area contributed by atoms with Gasteiger partial charge in [0, 0.05) is 5.56 Å². The van der Waals surface area contributed by atoms with E-state index in [-0.39, 0.29) is 17.1 Å². The predicted octanol–water partition coefficient (Wildman–Crippen LogP) is 6.58. The minimum Gasteiger partial charge on any atom is -0.507 e. The van der Waals surface area contributed by atoms with Crippen molar-refractivity contribution in [2.24, 2.45) is 0 Å². The number of halogens is 1. The molecule has 3 rings (SSSR count). The Morgan fingerprint density at radius 2 is 1.73 bits per heavy atom. The predicted molar refractivity (Wildman–Crippen MR) is 129 cm³/mol. The highest BCUT2D eigenvalue weighted by Crippen LogP contribution is 2.37. The molecule has 0 spiro atoms. The van der Waals surface area contributed by atoms with Crippen LogP contribution >= 0.6 is 0 Å². The van der Waals surface area contributed by atoms with Crippen molar-refractivity contribution in [2.75, 3.05) is 7.11 Å². The van der Waals surface area contributed by atoms with E-state index >= 15 is 0 Å². The quantitative estimate of drug-likeness (QED) is 0.241. The van der Waals surface area contributed by atoms with Crippen LogP contribution in [0.15, 0.2) is 72.3 Å². The van der Waals surface area contributed by atoms with Crippen molar-refractivity contribution < 1.29 is 23.8 Å². The summed E-state index contributed by atoms with van der Waals surface area (Å²) in [5.74, 6) is -0.691. The van der Waals surface area contributed by atoms with Crippen molar-refractivity contribution in [3.05, 3.63) is 106 Å². The third-order valence-electron chi connectivity index (χ3n) is 5.06. The van der Waals surface area contributed by atoms with Crippen LogP contribution in [0.5, 0.6) is 11.5 Å². The van der Waals surface area contributed by atoms with Gasteiger partial charge in [-0.3, -0.25) is 0 Å². The Balaban J connectivity index is 2.08. The number of aromatic hydroxyl groups is 1. The van der Waals surface area contributed by atoms with Gasteiger partial charge in [0.05, 0.1) is 7.11 Å². The third-order valence-corrected chi connectivity index (χ3v) is 5.06. The minimum atomic E-state index is -0.653. The summed E-state index contributed by atoms with van der Waals surface area (Å²) in [5, 5.41) is 11.1. The normalized spacial score (nSPS) is 10.8. The van der Waals surface area contributed by atoms with Crippen LogP contribution in [0.2, 0.25) is 0 Å². The molecule has 0 aromatic heterocycles. The molecule has 170 valence electrons. The number of phenolic OH excluding ortho intramolecular Hbond substituents is 1. The smallest absolute Gasteiger partial charge is 0.342 e. The molecule has 0 fully saturated rings. The van der Waals surface area contributed by atoms with Crippen LogP contribution in [0, 0.1) is 5.82 Å². The van der Waals surface area contributed by atoms with Crippen LogP contribution < -0.4 is 4.74 Å². The first kappa shape index (κ1) is 23.8. The van der Waals surface area contributed by atoms with Gasteiger partial charge in [-0.1, -0.05) is 66.3 Å². The fourth-order valence-electron chi connectivity index (χ4n) is 3.28. The Kier molecular flexibility index (Phi) is 8.03. The van der Waals surface area contributed by atoms with E-state index in [1.807, 2.05) is 50.3 Å². The number of phenols is 1. The van der Waals surface area contributed by atoms with E-state index < -0.39 is 5.97 Å². The van der Waals surface area contributed by atoms with Gasteiger partial charge in [-0.05, 0) is 55.2 Å². The number of benzene rings is 3. The fraction of sp³-hybridized carbons (Fsp3) is 0.179. The molecular formula is C28H27FO4. The van der Waals surface area contributed by atoms with Crippen LogP contribution in [0.3, 0.4) is 0 Å². The second-order valence-corrected chi connectivity index (χ2v) is 7.80. The lowest BCUT2D eigenvalue weighted by molar-refractivity contribution is 0.0597. The van der Waals surface area contributed by atoms with E-state index in [1.165, 1.54) is 19.2 Å². The Bertz CT molecular complexity index is 1160. The zero-order valence-electron chi connectivity index (χ0n) is 19.0. The highest BCUT2D eigenvalue weighted by Gasteiger charge is 2.23. The number of hydrogen-bond acceptors (Lipinski definition) is 4. The lowest BCUT2D eigenvalue weighted by Crippen LogP contribution is -2.08. The van der Waals surface area contributed by atoms with Gasteiger partial charge in [-0.25, -0.2) is 9.18 Å². The Labute approximate surface area is 193 Å². The van der Waals surface area contributed by atoms with E-state index in [4.69, 9.17) is 9.47 Å². The van der Waals surface area contributed by atoms with Crippen molar-refractivity contribution >= 4 is 18.1 Å². The minimum absolute atomic E-state index is 0.0556. The lowest BCUT2D eigenvalue weighted by Gasteiger charge is -2.17. The summed E-state index contributed by atoms with van der Waals surface area (Å²) in [6, 6.07) is 17.4. The summed E-state index contributed by atoms with van der Waals surface area (Å²) in [7, 11) is 1.27. The highest BCUT2D eigenvalue weighted by molar-refractivity contribution is 5.98. The molecule has 1 N–H and O–H groups in total. The molecular weight excluding hydrogens is 419 g/mol. The van der Waals surface area contributed by atoms with Crippen molar-refractivity contribution in [3.8, 4) is 11.5 Å². The molecule has 33 heavy (non-hydrogen) atoms. The van der Waals surface area contributed by atoms with E-state index in [0.29, 0.717) is 29.9 Å². The second-order valence-electron chi connectivity index (χ2n) is 7.80. The maximum atomic E-state index is 13.2. The highest BCUT2D eigenvalue weighted by atomic mass is 19.1. The number of carbonyl (C=O) groups is 1. The largest absolute Gasteiger partial charge is 0.507 e. The van der Waals surface area contributed by atoms with Gasteiger partial charge in [0.1, 0.15) is 29.5 Å². The molecule has 0 radical (unpaired) electrons. The number of hydrogen-bond donors (Lipinski definition) is 1. The topological polar surface area (TPSA) is 55.8 Å². The molecule has 0 aliphatic carbocycles. The Morgan fingerprint density at radius 1 is 1.03 bits per heavy atom. The first-order valence-corrected chi connectivity index (χ1v) is 10.6. The van der Waals surface area contributed by atoms with Gasteiger partial charge >= 0.3 is 5.97 Å². The van der Waals surface area contributed by atoms with Gasteiger partial charge in [-0.15, -0.1) is 0 Å². The molecule has 0 amide bonds. The Hall–Kier alpha value is -3.86. The van der Waals surface area contributed by atoms with Crippen LogP contribution in [-0.2, 0) is 17.8 Å². The van der Waals surface area contributed by atoms with Crippen LogP contribution in [-0.4, -0.2) is 18.2 Å². The number of allylic oxidation sites excluding steroid dienone is 2. The first-order valence-electron chi connectivity index (χ1n) is 10.6. The number of methoxy groups -OCH3 is 1. The van der Waals surface area contributed by atoms with Crippen molar-refractivity contribution in [2.45, 2.75) is 26.9 Å². The summed E-state index contributed by atoms with van der Waals surface area (Å²) < 4.78 is 24.3. The van der Waals surface area contributed by atoms with Crippen molar-refractivity contribution in [1.82, 2.24) is 0 Å². The van der Waals surface area contributed by atoms with E-state index in [1.54, 1.807) is 30.4 Å². The average molecular weight is 447 g/mol. The number of esters is 1. The summed E-state index contributed by atoms with van der Waals surface area (Å²) in [4.78, 5) is 12.6. The van der Waals surface area contributed by atoms with Gasteiger partial charge in [0.2, 0.25) is 0 Å². The van der Waals surface area contributed by atoms with E-state index in [9.17, 15) is 14.3 Å². The molecule has 0 saturated heterocycles. The molecule has 0 bridgehead atoms. The molecule has 0 unspecified atom stereocenters. The van der Waals surface area contributed by atoms with Crippen LogP contribution in [0.1, 0.15) is 46.5 Å². The van der Waals surface area contributed by atoms with Gasteiger partial charge in [0.25, 0.3) is 0 Å². The molecule has 3 aromatic rings. The summed E-state index contributed by atoms with van der Waals surface area (Å²) in [6.07, 6.45) is 5.76. The van der Waals surface area contributed by atoms with Gasteiger partial charge in [0.15, 0.2) is 0 Å². The average Bonchev–Trinajstić information content (AvgIpc) is 2.81.